The van der Waals surface area contributed by atoms with Crippen molar-refractivity contribution in [1.29, 1.82) is 0 Å². The molecular formula is C24H25BrN4. The third-order valence-corrected chi connectivity index (χ3v) is 6.78. The van der Waals surface area contributed by atoms with Gasteiger partial charge in [-0.2, -0.15) is 0 Å². The molecule has 4 N–H and O–H groups in total. The van der Waals surface area contributed by atoms with Crippen molar-refractivity contribution >= 4 is 15.9 Å². The Morgan fingerprint density at radius 3 is 1.62 bits per heavy atom. The zero-order chi connectivity index (χ0) is 19.7. The highest BCUT2D eigenvalue weighted by molar-refractivity contribution is 9.10. The molecule has 0 saturated carbocycles. The lowest BCUT2D eigenvalue weighted by Crippen LogP contribution is -2.48. The van der Waals surface area contributed by atoms with Crippen LogP contribution in [0.2, 0.25) is 0 Å². The largest absolute Gasteiger partial charge is 0.257 e. The summed E-state index contributed by atoms with van der Waals surface area (Å²) in [5.41, 5.74) is 18.7. The van der Waals surface area contributed by atoms with Crippen LogP contribution in [0.25, 0.3) is 0 Å². The summed E-state index contributed by atoms with van der Waals surface area (Å²) in [5.74, 6) is 0. The molecule has 0 bridgehead atoms. The number of halogens is 1. The first-order valence-corrected chi connectivity index (χ1v) is 11.0. The van der Waals surface area contributed by atoms with Gasteiger partial charge in [-0.3, -0.25) is 10.9 Å². The molecule has 2 heterocycles. The Morgan fingerprint density at radius 2 is 1.14 bits per heavy atom. The van der Waals surface area contributed by atoms with E-state index in [1.807, 2.05) is 0 Å². The fourth-order valence-electron chi connectivity index (χ4n) is 4.89. The normalized spacial score (nSPS) is 26.7. The molecule has 0 aromatic heterocycles. The first-order chi connectivity index (χ1) is 14.2. The van der Waals surface area contributed by atoms with Crippen molar-refractivity contribution in [3.8, 4) is 0 Å². The summed E-state index contributed by atoms with van der Waals surface area (Å²) in [4.78, 5) is 0. The van der Waals surface area contributed by atoms with Crippen molar-refractivity contribution in [2.24, 2.45) is 0 Å². The van der Waals surface area contributed by atoms with E-state index in [0.717, 1.165) is 30.4 Å². The van der Waals surface area contributed by atoms with Crippen LogP contribution in [0.1, 0.15) is 35.1 Å². The number of rotatable bonds is 4. The van der Waals surface area contributed by atoms with Gasteiger partial charge in [0.05, 0.1) is 11.1 Å². The van der Waals surface area contributed by atoms with Gasteiger partial charge in [0.2, 0.25) is 0 Å². The van der Waals surface area contributed by atoms with E-state index in [0.29, 0.717) is 0 Å². The molecule has 0 spiro atoms. The molecule has 0 aliphatic carbocycles. The Morgan fingerprint density at radius 1 is 0.621 bits per heavy atom. The summed E-state index contributed by atoms with van der Waals surface area (Å²) in [5, 5.41) is 0. The minimum Gasteiger partial charge on any atom is -0.257 e. The number of nitrogens with one attached hydrogen (secondary N) is 4. The maximum absolute atomic E-state index is 3.74. The SMILES string of the molecule is Brc1ccc(C2(c3ccccc3)CCNN2)c(C2(c3ccccc3)CCNN2)c1. The predicted octanol–water partition coefficient (Wildman–Crippen LogP) is 3.93. The van der Waals surface area contributed by atoms with E-state index < -0.39 is 0 Å². The van der Waals surface area contributed by atoms with Crippen LogP contribution in [0.4, 0.5) is 0 Å². The summed E-state index contributed by atoms with van der Waals surface area (Å²) in [6.45, 7) is 1.85. The highest BCUT2D eigenvalue weighted by Crippen LogP contribution is 2.44. The van der Waals surface area contributed by atoms with Gasteiger partial charge < -0.3 is 0 Å². The van der Waals surface area contributed by atoms with Crippen LogP contribution in [0.5, 0.6) is 0 Å². The molecule has 3 aromatic carbocycles. The minimum atomic E-state index is -0.285. The molecule has 2 fully saturated rings. The molecule has 5 rings (SSSR count). The molecule has 4 nitrogen and oxygen atoms in total. The zero-order valence-corrected chi connectivity index (χ0v) is 17.8. The minimum absolute atomic E-state index is 0.274. The summed E-state index contributed by atoms with van der Waals surface area (Å²) in [6, 6.07) is 28.3. The quantitative estimate of drug-likeness (QED) is 0.488. The molecule has 29 heavy (non-hydrogen) atoms. The van der Waals surface area contributed by atoms with E-state index >= 15 is 0 Å². The van der Waals surface area contributed by atoms with Gasteiger partial charge in [0.25, 0.3) is 0 Å². The molecule has 0 amide bonds. The van der Waals surface area contributed by atoms with Crippen LogP contribution in [0, 0.1) is 0 Å². The second-order valence-electron chi connectivity index (χ2n) is 7.84. The summed E-state index contributed by atoms with van der Waals surface area (Å²) in [6.07, 6.45) is 1.97. The van der Waals surface area contributed by atoms with Gasteiger partial charge in [-0.05, 0) is 47.2 Å². The predicted molar refractivity (Wildman–Crippen MR) is 120 cm³/mol. The molecule has 2 aliphatic rings. The van der Waals surface area contributed by atoms with Crippen LogP contribution < -0.4 is 21.7 Å². The standard InChI is InChI=1S/C24H25BrN4/c25-20-11-12-21(23(13-15-26-28-23)18-7-3-1-4-8-18)22(17-20)24(14-16-27-29-24)19-9-5-2-6-10-19/h1-12,17,26-29H,13-16H2. The lowest BCUT2D eigenvalue weighted by atomic mass is 9.72. The van der Waals surface area contributed by atoms with Crippen LogP contribution in [-0.2, 0) is 11.1 Å². The highest BCUT2D eigenvalue weighted by atomic mass is 79.9. The van der Waals surface area contributed by atoms with E-state index in [4.69, 9.17) is 0 Å². The summed E-state index contributed by atoms with van der Waals surface area (Å²) >= 11 is 3.74. The maximum atomic E-state index is 3.74. The van der Waals surface area contributed by atoms with E-state index in [-0.39, 0.29) is 11.1 Å². The fraction of sp³-hybridized carbons (Fsp3) is 0.250. The number of hydrazine groups is 2. The van der Waals surface area contributed by atoms with Crippen LogP contribution in [-0.4, -0.2) is 13.1 Å². The van der Waals surface area contributed by atoms with Crippen molar-refractivity contribution in [3.63, 3.8) is 0 Å². The van der Waals surface area contributed by atoms with Gasteiger partial charge >= 0.3 is 0 Å². The van der Waals surface area contributed by atoms with E-state index in [2.05, 4.69) is 116 Å². The number of hydrogen-bond donors (Lipinski definition) is 4. The molecular weight excluding hydrogens is 424 g/mol. The van der Waals surface area contributed by atoms with Gasteiger partial charge in [0.15, 0.2) is 0 Å². The smallest absolute Gasteiger partial charge is 0.0837 e. The molecule has 2 unspecified atom stereocenters. The number of benzene rings is 3. The lowest BCUT2D eigenvalue weighted by Gasteiger charge is -2.38. The first-order valence-electron chi connectivity index (χ1n) is 10.2. The second-order valence-corrected chi connectivity index (χ2v) is 8.75. The summed E-state index contributed by atoms with van der Waals surface area (Å²) in [7, 11) is 0. The zero-order valence-electron chi connectivity index (χ0n) is 16.2. The summed E-state index contributed by atoms with van der Waals surface area (Å²) < 4.78 is 1.09. The second kappa shape index (κ2) is 7.67. The van der Waals surface area contributed by atoms with Gasteiger partial charge in [-0.15, -0.1) is 0 Å². The molecule has 2 saturated heterocycles. The molecule has 2 atom stereocenters. The fourth-order valence-corrected chi connectivity index (χ4v) is 5.25. The molecule has 2 aliphatic heterocycles. The lowest BCUT2D eigenvalue weighted by molar-refractivity contribution is 0.401. The number of hydrogen-bond acceptors (Lipinski definition) is 4. The van der Waals surface area contributed by atoms with E-state index in [1.54, 1.807) is 0 Å². The Hall–Kier alpha value is -2.02. The third kappa shape index (κ3) is 3.14. The molecule has 5 heteroatoms. The average Bonchev–Trinajstić information content (AvgIpc) is 3.46. The Kier molecular flexibility index (Phi) is 5.02. The highest BCUT2D eigenvalue weighted by Gasteiger charge is 2.45. The van der Waals surface area contributed by atoms with Crippen molar-refractivity contribution in [2.45, 2.75) is 23.9 Å². The molecule has 0 radical (unpaired) electrons. The Labute approximate surface area is 180 Å². The average molecular weight is 449 g/mol. The Bertz CT molecular complexity index is 978. The van der Waals surface area contributed by atoms with E-state index in [1.165, 1.54) is 22.3 Å². The van der Waals surface area contributed by atoms with Crippen molar-refractivity contribution in [2.75, 3.05) is 13.1 Å². The topological polar surface area (TPSA) is 48.1 Å². The van der Waals surface area contributed by atoms with Crippen molar-refractivity contribution in [3.05, 3.63) is 106 Å². The van der Waals surface area contributed by atoms with Crippen LogP contribution >= 0.6 is 15.9 Å². The van der Waals surface area contributed by atoms with Gasteiger partial charge in [-0.25, -0.2) is 10.9 Å². The van der Waals surface area contributed by atoms with Crippen LogP contribution in [0.15, 0.2) is 83.3 Å². The Balaban J connectivity index is 1.76. The van der Waals surface area contributed by atoms with Gasteiger partial charge in [0, 0.05) is 17.6 Å². The van der Waals surface area contributed by atoms with Crippen molar-refractivity contribution in [1.82, 2.24) is 21.7 Å². The molecule has 3 aromatic rings. The van der Waals surface area contributed by atoms with Gasteiger partial charge in [0.1, 0.15) is 0 Å². The third-order valence-electron chi connectivity index (χ3n) is 6.29. The van der Waals surface area contributed by atoms with Crippen LogP contribution in [0.3, 0.4) is 0 Å². The monoisotopic (exact) mass is 448 g/mol. The van der Waals surface area contributed by atoms with Crippen molar-refractivity contribution < 1.29 is 0 Å². The maximum Gasteiger partial charge on any atom is 0.0837 e. The first kappa shape index (κ1) is 19.0. The van der Waals surface area contributed by atoms with Gasteiger partial charge in [-0.1, -0.05) is 82.7 Å². The van der Waals surface area contributed by atoms with E-state index in [9.17, 15) is 0 Å². The molecule has 148 valence electrons.